The summed E-state index contributed by atoms with van der Waals surface area (Å²) in [4.78, 5) is 2.47. The summed E-state index contributed by atoms with van der Waals surface area (Å²) in [5, 5.41) is 4.92. The third-order valence-electron chi connectivity index (χ3n) is 3.87. The van der Waals surface area contributed by atoms with Crippen LogP contribution in [0.2, 0.25) is 5.02 Å². The fraction of sp³-hybridized carbons (Fsp3) is 0.438. The smallest absolute Gasteiger partial charge is 0.138 e. The zero-order valence-electron chi connectivity index (χ0n) is 12.0. The van der Waals surface area contributed by atoms with Crippen molar-refractivity contribution in [1.82, 2.24) is 14.7 Å². The first-order valence-electron chi connectivity index (χ1n) is 7.42. The van der Waals surface area contributed by atoms with E-state index in [9.17, 15) is 0 Å². The van der Waals surface area contributed by atoms with Crippen LogP contribution in [0.3, 0.4) is 0 Å². The Hall–Kier alpha value is -1.52. The van der Waals surface area contributed by atoms with Crippen LogP contribution in [-0.4, -0.2) is 40.4 Å². The van der Waals surface area contributed by atoms with Crippen molar-refractivity contribution in [2.24, 2.45) is 0 Å². The third kappa shape index (κ3) is 3.99. The molecule has 3 rings (SSSR count). The molecule has 0 unspecified atom stereocenters. The minimum atomic E-state index is 0.269. The first-order valence-corrected chi connectivity index (χ1v) is 7.80. The normalized spacial score (nSPS) is 17.0. The van der Waals surface area contributed by atoms with Gasteiger partial charge in [-0.3, -0.25) is 4.68 Å². The van der Waals surface area contributed by atoms with Crippen LogP contribution in [0, 0.1) is 0 Å². The standard InChI is InChI=1S/C16H20ClN3O/c17-15-4-1-2-5-16(15)21-14-6-10-19(11-7-14)12-13-20-9-3-8-18-20/h1-5,8-9,14H,6-7,10-13H2. The van der Waals surface area contributed by atoms with Crippen molar-refractivity contribution in [2.75, 3.05) is 19.6 Å². The van der Waals surface area contributed by atoms with E-state index in [-0.39, 0.29) is 6.10 Å². The highest BCUT2D eigenvalue weighted by atomic mass is 35.5. The molecule has 1 aliphatic heterocycles. The molecule has 112 valence electrons. The Labute approximate surface area is 130 Å². The Balaban J connectivity index is 1.44. The topological polar surface area (TPSA) is 30.3 Å². The number of likely N-dealkylation sites (tertiary alicyclic amines) is 1. The molecule has 0 atom stereocenters. The van der Waals surface area contributed by atoms with Crippen LogP contribution >= 0.6 is 11.6 Å². The molecule has 2 aromatic rings. The summed E-state index contributed by atoms with van der Waals surface area (Å²) in [7, 11) is 0. The van der Waals surface area contributed by atoms with Gasteiger partial charge in [0.2, 0.25) is 0 Å². The molecule has 0 radical (unpaired) electrons. The minimum Gasteiger partial charge on any atom is -0.489 e. The van der Waals surface area contributed by atoms with Gasteiger partial charge in [-0.05, 0) is 31.0 Å². The fourth-order valence-electron chi connectivity index (χ4n) is 2.65. The van der Waals surface area contributed by atoms with E-state index in [1.807, 2.05) is 47.4 Å². The van der Waals surface area contributed by atoms with E-state index >= 15 is 0 Å². The monoisotopic (exact) mass is 305 g/mol. The van der Waals surface area contributed by atoms with E-state index in [1.165, 1.54) is 0 Å². The SMILES string of the molecule is Clc1ccccc1OC1CCN(CCn2cccn2)CC1. The van der Waals surface area contributed by atoms with E-state index in [4.69, 9.17) is 16.3 Å². The molecule has 5 heteroatoms. The highest BCUT2D eigenvalue weighted by molar-refractivity contribution is 6.32. The van der Waals surface area contributed by atoms with Crippen LogP contribution in [0.4, 0.5) is 0 Å². The molecule has 1 aliphatic rings. The summed E-state index contributed by atoms with van der Waals surface area (Å²) in [5.74, 6) is 0.800. The number of hydrogen-bond acceptors (Lipinski definition) is 3. The largest absolute Gasteiger partial charge is 0.489 e. The molecule has 2 heterocycles. The van der Waals surface area contributed by atoms with E-state index in [0.717, 1.165) is 44.8 Å². The maximum Gasteiger partial charge on any atom is 0.138 e. The van der Waals surface area contributed by atoms with Crippen molar-refractivity contribution in [3.8, 4) is 5.75 Å². The quantitative estimate of drug-likeness (QED) is 0.850. The molecule has 1 aromatic carbocycles. The van der Waals surface area contributed by atoms with Gasteiger partial charge in [0.15, 0.2) is 0 Å². The highest BCUT2D eigenvalue weighted by Crippen LogP contribution is 2.26. The molecular formula is C16H20ClN3O. The summed E-state index contributed by atoms with van der Waals surface area (Å²) in [6.07, 6.45) is 6.19. The number of piperidine rings is 1. The molecule has 1 aromatic heterocycles. The molecule has 1 saturated heterocycles. The second kappa shape index (κ2) is 6.96. The molecular weight excluding hydrogens is 286 g/mol. The van der Waals surface area contributed by atoms with Gasteiger partial charge in [0.25, 0.3) is 0 Å². The number of nitrogens with zero attached hydrogens (tertiary/aromatic N) is 3. The van der Waals surface area contributed by atoms with Gasteiger partial charge in [-0.15, -0.1) is 0 Å². The van der Waals surface area contributed by atoms with E-state index in [1.54, 1.807) is 0 Å². The first kappa shape index (κ1) is 14.4. The summed E-state index contributed by atoms with van der Waals surface area (Å²) < 4.78 is 7.99. The van der Waals surface area contributed by atoms with Gasteiger partial charge >= 0.3 is 0 Å². The maximum absolute atomic E-state index is 6.13. The number of para-hydroxylation sites is 1. The number of ether oxygens (including phenoxy) is 1. The highest BCUT2D eigenvalue weighted by Gasteiger charge is 2.20. The summed E-state index contributed by atoms with van der Waals surface area (Å²) >= 11 is 6.13. The lowest BCUT2D eigenvalue weighted by Crippen LogP contribution is -2.39. The zero-order chi connectivity index (χ0) is 14.5. The Morgan fingerprint density at radius 2 is 1.95 bits per heavy atom. The second-order valence-corrected chi connectivity index (χ2v) is 5.77. The van der Waals surface area contributed by atoms with Crippen molar-refractivity contribution < 1.29 is 4.74 Å². The lowest BCUT2D eigenvalue weighted by Gasteiger charge is -2.32. The lowest BCUT2D eigenvalue weighted by molar-refractivity contribution is 0.0981. The van der Waals surface area contributed by atoms with Gasteiger partial charge in [0.1, 0.15) is 11.9 Å². The van der Waals surface area contributed by atoms with Gasteiger partial charge in [0.05, 0.1) is 11.6 Å². The van der Waals surface area contributed by atoms with Crippen LogP contribution in [-0.2, 0) is 6.54 Å². The molecule has 21 heavy (non-hydrogen) atoms. The van der Waals surface area contributed by atoms with E-state index < -0.39 is 0 Å². The second-order valence-electron chi connectivity index (χ2n) is 5.36. The van der Waals surface area contributed by atoms with Gasteiger partial charge < -0.3 is 9.64 Å². The first-order chi connectivity index (χ1) is 10.3. The van der Waals surface area contributed by atoms with Crippen molar-refractivity contribution >= 4 is 11.6 Å². The van der Waals surface area contributed by atoms with Crippen molar-refractivity contribution in [1.29, 1.82) is 0 Å². The summed E-state index contributed by atoms with van der Waals surface area (Å²) in [5.41, 5.74) is 0. The average Bonchev–Trinajstić information content (AvgIpc) is 3.02. The Bertz CT molecular complexity index is 550. The zero-order valence-corrected chi connectivity index (χ0v) is 12.7. The number of halogens is 1. The third-order valence-corrected chi connectivity index (χ3v) is 4.18. The average molecular weight is 306 g/mol. The molecule has 0 aliphatic carbocycles. The van der Waals surface area contributed by atoms with Crippen molar-refractivity contribution in [3.63, 3.8) is 0 Å². The van der Waals surface area contributed by atoms with Crippen LogP contribution in [0.1, 0.15) is 12.8 Å². The van der Waals surface area contributed by atoms with Gasteiger partial charge in [-0.25, -0.2) is 0 Å². The van der Waals surface area contributed by atoms with Crippen LogP contribution in [0.15, 0.2) is 42.7 Å². The molecule has 0 amide bonds. The van der Waals surface area contributed by atoms with E-state index in [2.05, 4.69) is 10.00 Å². The molecule has 0 spiro atoms. The van der Waals surface area contributed by atoms with Crippen molar-refractivity contribution in [3.05, 3.63) is 47.7 Å². The maximum atomic E-state index is 6.13. The lowest BCUT2D eigenvalue weighted by atomic mass is 10.1. The molecule has 4 nitrogen and oxygen atoms in total. The van der Waals surface area contributed by atoms with E-state index in [0.29, 0.717) is 5.02 Å². The van der Waals surface area contributed by atoms with Crippen LogP contribution in [0.25, 0.3) is 0 Å². The molecule has 0 bridgehead atoms. The van der Waals surface area contributed by atoms with Crippen molar-refractivity contribution in [2.45, 2.75) is 25.5 Å². The predicted octanol–water partition coefficient (Wildman–Crippen LogP) is 3.08. The predicted molar refractivity (Wildman–Crippen MR) is 83.8 cm³/mol. The number of hydrogen-bond donors (Lipinski definition) is 0. The van der Waals surface area contributed by atoms with Crippen LogP contribution in [0.5, 0.6) is 5.75 Å². The van der Waals surface area contributed by atoms with Gasteiger partial charge in [-0.1, -0.05) is 23.7 Å². The Morgan fingerprint density at radius 1 is 1.14 bits per heavy atom. The summed E-state index contributed by atoms with van der Waals surface area (Å²) in [6.45, 7) is 4.12. The Morgan fingerprint density at radius 3 is 2.67 bits per heavy atom. The number of rotatable bonds is 5. The molecule has 0 N–H and O–H groups in total. The van der Waals surface area contributed by atoms with Gasteiger partial charge in [0, 0.05) is 32.0 Å². The fourth-order valence-corrected chi connectivity index (χ4v) is 2.83. The van der Waals surface area contributed by atoms with Crippen LogP contribution < -0.4 is 4.74 Å². The number of aromatic nitrogens is 2. The molecule has 0 saturated carbocycles. The number of benzene rings is 1. The minimum absolute atomic E-state index is 0.269. The molecule has 1 fully saturated rings. The summed E-state index contributed by atoms with van der Waals surface area (Å²) in [6, 6.07) is 9.65. The van der Waals surface area contributed by atoms with Gasteiger partial charge in [-0.2, -0.15) is 5.10 Å². The Kier molecular flexibility index (Phi) is 4.78.